The second-order valence-corrected chi connectivity index (χ2v) is 3.47. The predicted molar refractivity (Wildman–Crippen MR) is 66.3 cm³/mol. The molecule has 1 amide bonds. The second kappa shape index (κ2) is 6.86. The number of hydrogen-bond donors (Lipinski definition) is 2. The number of carbonyl (C=O) groups excluding carboxylic acids is 2. The van der Waals surface area contributed by atoms with Gasteiger partial charge in [-0.15, -0.1) is 0 Å². The van der Waals surface area contributed by atoms with E-state index in [1.807, 2.05) is 0 Å². The molecule has 0 bridgehead atoms. The summed E-state index contributed by atoms with van der Waals surface area (Å²) in [6.45, 7) is -0.432. The number of nitrogens with two attached hydrogens (primary N) is 1. The first kappa shape index (κ1) is 14.3. The van der Waals surface area contributed by atoms with Gasteiger partial charge in [0, 0.05) is 11.8 Å². The van der Waals surface area contributed by atoms with Crippen LogP contribution < -0.4 is 15.8 Å². The number of esters is 1. The molecule has 1 rings (SSSR count). The van der Waals surface area contributed by atoms with Gasteiger partial charge in [0.05, 0.1) is 13.2 Å². The molecule has 19 heavy (non-hydrogen) atoms. The van der Waals surface area contributed by atoms with Crippen LogP contribution in [0.5, 0.6) is 5.75 Å². The lowest BCUT2D eigenvalue weighted by molar-refractivity contribution is -0.122. The first-order valence-electron chi connectivity index (χ1n) is 5.32. The van der Waals surface area contributed by atoms with E-state index in [0.29, 0.717) is 5.69 Å². The SMILES string of the molecule is COC(=O)c1ccc(N)cc1OCC(=O)NCC#N. The molecule has 1 aromatic carbocycles. The maximum atomic E-state index is 11.5. The number of carbonyl (C=O) groups is 2. The van der Waals surface area contributed by atoms with Gasteiger partial charge in [0.15, 0.2) is 6.61 Å². The van der Waals surface area contributed by atoms with Crippen LogP contribution in [0, 0.1) is 11.3 Å². The van der Waals surface area contributed by atoms with Crippen LogP contribution in [-0.4, -0.2) is 32.1 Å². The first-order chi connectivity index (χ1) is 9.08. The zero-order valence-electron chi connectivity index (χ0n) is 10.3. The summed E-state index contributed by atoms with van der Waals surface area (Å²) in [4.78, 5) is 22.8. The molecule has 0 fully saturated rings. The first-order valence-corrected chi connectivity index (χ1v) is 5.32. The van der Waals surface area contributed by atoms with E-state index in [0.717, 1.165) is 0 Å². The number of benzene rings is 1. The Hall–Kier alpha value is -2.75. The fourth-order valence-corrected chi connectivity index (χ4v) is 1.27. The van der Waals surface area contributed by atoms with Crippen LogP contribution in [0.2, 0.25) is 0 Å². The minimum atomic E-state index is -0.590. The van der Waals surface area contributed by atoms with E-state index >= 15 is 0 Å². The minimum Gasteiger partial charge on any atom is -0.483 e. The summed E-state index contributed by atoms with van der Waals surface area (Å²) in [7, 11) is 1.24. The van der Waals surface area contributed by atoms with Gasteiger partial charge in [-0.2, -0.15) is 5.26 Å². The average molecular weight is 263 g/mol. The maximum absolute atomic E-state index is 11.5. The molecule has 1 aromatic rings. The summed E-state index contributed by atoms with van der Waals surface area (Å²) in [5.74, 6) is -0.911. The molecule has 0 atom stereocenters. The number of nitrogens with zero attached hydrogens (tertiary/aromatic N) is 1. The molecule has 0 aliphatic rings. The van der Waals surface area contributed by atoms with Crippen molar-refractivity contribution in [1.82, 2.24) is 5.32 Å². The lowest BCUT2D eigenvalue weighted by Crippen LogP contribution is -2.29. The van der Waals surface area contributed by atoms with Crippen LogP contribution >= 0.6 is 0 Å². The van der Waals surface area contributed by atoms with Crippen LogP contribution in [0.25, 0.3) is 0 Å². The molecule has 7 heteroatoms. The molecule has 0 heterocycles. The van der Waals surface area contributed by atoms with E-state index in [4.69, 9.17) is 15.7 Å². The number of rotatable bonds is 5. The monoisotopic (exact) mass is 263 g/mol. The Morgan fingerprint density at radius 3 is 2.84 bits per heavy atom. The average Bonchev–Trinajstić information content (AvgIpc) is 2.42. The summed E-state index contributed by atoms with van der Waals surface area (Å²) in [6, 6.07) is 6.15. The number of nitriles is 1. The van der Waals surface area contributed by atoms with Crippen molar-refractivity contribution in [2.24, 2.45) is 0 Å². The van der Waals surface area contributed by atoms with Crippen molar-refractivity contribution in [2.45, 2.75) is 0 Å². The molecule has 100 valence electrons. The number of ether oxygens (including phenoxy) is 2. The fourth-order valence-electron chi connectivity index (χ4n) is 1.27. The Bertz CT molecular complexity index is 522. The van der Waals surface area contributed by atoms with Gasteiger partial charge in [-0.1, -0.05) is 0 Å². The van der Waals surface area contributed by atoms with E-state index in [9.17, 15) is 9.59 Å². The molecule has 0 unspecified atom stereocenters. The largest absolute Gasteiger partial charge is 0.483 e. The highest BCUT2D eigenvalue weighted by Gasteiger charge is 2.14. The smallest absolute Gasteiger partial charge is 0.341 e. The zero-order valence-corrected chi connectivity index (χ0v) is 10.3. The Morgan fingerprint density at radius 1 is 1.47 bits per heavy atom. The quantitative estimate of drug-likeness (QED) is 0.441. The van der Waals surface area contributed by atoms with Crippen molar-refractivity contribution in [3.63, 3.8) is 0 Å². The molecule has 0 saturated heterocycles. The zero-order chi connectivity index (χ0) is 14.3. The summed E-state index contributed by atoms with van der Waals surface area (Å²) in [5, 5.41) is 10.6. The molecule has 7 nitrogen and oxygen atoms in total. The van der Waals surface area contributed by atoms with Crippen LogP contribution in [0.3, 0.4) is 0 Å². The third-order valence-electron chi connectivity index (χ3n) is 2.13. The van der Waals surface area contributed by atoms with Gasteiger partial charge in [0.2, 0.25) is 0 Å². The number of nitrogens with one attached hydrogen (secondary N) is 1. The molecular weight excluding hydrogens is 250 g/mol. The predicted octanol–water partition coefficient (Wildman–Crippen LogP) is 0.0740. The lowest BCUT2D eigenvalue weighted by atomic mass is 10.2. The fraction of sp³-hybridized carbons (Fsp3) is 0.250. The van der Waals surface area contributed by atoms with E-state index in [1.165, 1.54) is 25.3 Å². The molecule has 0 spiro atoms. The van der Waals surface area contributed by atoms with Gasteiger partial charge >= 0.3 is 5.97 Å². The molecule has 0 radical (unpaired) electrons. The van der Waals surface area contributed by atoms with Crippen LogP contribution in [0.15, 0.2) is 18.2 Å². The Kier molecular flexibility index (Phi) is 5.17. The standard InChI is InChI=1S/C12H13N3O4/c1-18-12(17)9-3-2-8(14)6-10(9)19-7-11(16)15-5-4-13/h2-3,6H,5,7,14H2,1H3,(H,15,16). The van der Waals surface area contributed by atoms with E-state index in [2.05, 4.69) is 10.1 Å². The van der Waals surface area contributed by atoms with Crippen molar-refractivity contribution in [1.29, 1.82) is 5.26 Å². The summed E-state index contributed by atoms with van der Waals surface area (Å²) in [5.41, 5.74) is 6.14. The molecule has 0 aliphatic heterocycles. The highest BCUT2D eigenvalue weighted by molar-refractivity contribution is 5.93. The molecule has 0 saturated carbocycles. The number of anilines is 1. The number of methoxy groups -OCH3 is 1. The lowest BCUT2D eigenvalue weighted by Gasteiger charge is -2.10. The minimum absolute atomic E-state index is 0.108. The maximum Gasteiger partial charge on any atom is 0.341 e. The number of hydrogen-bond acceptors (Lipinski definition) is 6. The second-order valence-electron chi connectivity index (χ2n) is 3.47. The van der Waals surface area contributed by atoms with Crippen LogP contribution in [-0.2, 0) is 9.53 Å². The van der Waals surface area contributed by atoms with Gasteiger partial charge < -0.3 is 20.5 Å². The summed E-state index contributed by atoms with van der Waals surface area (Å²) in [6.07, 6.45) is 0. The van der Waals surface area contributed by atoms with Crippen molar-refractivity contribution in [2.75, 3.05) is 26.0 Å². The van der Waals surface area contributed by atoms with Crippen molar-refractivity contribution < 1.29 is 19.1 Å². The number of nitrogen functional groups attached to an aromatic ring is 1. The Balaban J connectivity index is 2.76. The van der Waals surface area contributed by atoms with Crippen molar-refractivity contribution >= 4 is 17.6 Å². The Labute approximate surface area is 109 Å². The van der Waals surface area contributed by atoms with E-state index < -0.39 is 11.9 Å². The van der Waals surface area contributed by atoms with Crippen molar-refractivity contribution in [3.05, 3.63) is 23.8 Å². The molecule has 0 aromatic heterocycles. The van der Waals surface area contributed by atoms with Crippen LogP contribution in [0.4, 0.5) is 5.69 Å². The van der Waals surface area contributed by atoms with Crippen molar-refractivity contribution in [3.8, 4) is 11.8 Å². The van der Waals surface area contributed by atoms with Crippen LogP contribution in [0.1, 0.15) is 10.4 Å². The molecular formula is C12H13N3O4. The summed E-state index contributed by atoms with van der Waals surface area (Å²) >= 11 is 0. The third-order valence-corrected chi connectivity index (χ3v) is 2.13. The highest BCUT2D eigenvalue weighted by atomic mass is 16.5. The molecule has 0 aliphatic carbocycles. The van der Waals surface area contributed by atoms with E-state index in [1.54, 1.807) is 6.07 Å². The topological polar surface area (TPSA) is 114 Å². The summed E-state index contributed by atoms with van der Waals surface area (Å²) < 4.78 is 9.78. The third kappa shape index (κ3) is 4.20. The Morgan fingerprint density at radius 2 is 2.21 bits per heavy atom. The number of amides is 1. The van der Waals surface area contributed by atoms with Gasteiger partial charge in [0.25, 0.3) is 5.91 Å². The highest BCUT2D eigenvalue weighted by Crippen LogP contribution is 2.22. The van der Waals surface area contributed by atoms with E-state index in [-0.39, 0.29) is 24.5 Å². The van der Waals surface area contributed by atoms with Gasteiger partial charge in [-0.25, -0.2) is 4.79 Å². The van der Waals surface area contributed by atoms with Gasteiger partial charge in [-0.3, -0.25) is 4.79 Å². The molecule has 3 N–H and O–H groups in total. The van der Waals surface area contributed by atoms with Gasteiger partial charge in [-0.05, 0) is 12.1 Å². The van der Waals surface area contributed by atoms with Gasteiger partial charge in [0.1, 0.15) is 17.9 Å². The normalized spacial score (nSPS) is 9.26.